The highest BCUT2D eigenvalue weighted by Gasteiger charge is 2.22. The lowest BCUT2D eigenvalue weighted by Crippen LogP contribution is -2.43. The summed E-state index contributed by atoms with van der Waals surface area (Å²) in [5.41, 5.74) is 6.66. The molecule has 0 radical (unpaired) electrons. The van der Waals surface area contributed by atoms with Gasteiger partial charge in [-0.15, -0.1) is 0 Å². The normalized spacial score (nSPS) is 12.2. The fourth-order valence-electron chi connectivity index (χ4n) is 1.84. The van der Waals surface area contributed by atoms with Gasteiger partial charge in [0.25, 0.3) is 5.91 Å². The minimum atomic E-state index is -0.541. The predicted molar refractivity (Wildman–Crippen MR) is 72.0 cm³/mol. The van der Waals surface area contributed by atoms with Crippen molar-refractivity contribution in [3.05, 3.63) is 35.9 Å². The molecular weight excluding hydrogens is 228 g/mol. The van der Waals surface area contributed by atoms with Crippen molar-refractivity contribution in [2.45, 2.75) is 26.0 Å². The topological polar surface area (TPSA) is 55.6 Å². The zero-order valence-corrected chi connectivity index (χ0v) is 11.1. The number of benzene rings is 1. The lowest BCUT2D eigenvalue weighted by atomic mass is 10.2. The minimum absolute atomic E-state index is 0.0364. The van der Waals surface area contributed by atoms with Gasteiger partial charge in [-0.1, -0.05) is 37.3 Å². The molecule has 0 saturated heterocycles. The third-order valence-corrected chi connectivity index (χ3v) is 2.80. The maximum atomic E-state index is 12.2. The number of ether oxygens (including phenoxy) is 1. The molecule has 0 aliphatic heterocycles. The monoisotopic (exact) mass is 250 g/mol. The number of hydrogen-bond acceptors (Lipinski definition) is 3. The molecule has 4 heteroatoms. The quantitative estimate of drug-likeness (QED) is 0.796. The third-order valence-electron chi connectivity index (χ3n) is 2.80. The maximum Gasteiger partial charge on any atom is 0.253 e. The Morgan fingerprint density at radius 1 is 1.39 bits per heavy atom. The molecule has 0 aliphatic rings. The van der Waals surface area contributed by atoms with Crippen molar-refractivity contribution in [1.82, 2.24) is 4.90 Å². The van der Waals surface area contributed by atoms with E-state index in [1.807, 2.05) is 30.3 Å². The van der Waals surface area contributed by atoms with Crippen LogP contribution in [0.3, 0.4) is 0 Å². The first-order valence-corrected chi connectivity index (χ1v) is 6.28. The zero-order chi connectivity index (χ0) is 13.4. The Kier molecular flexibility index (Phi) is 6.39. The Morgan fingerprint density at radius 2 is 2.06 bits per heavy atom. The molecule has 0 aromatic heterocycles. The van der Waals surface area contributed by atoms with Gasteiger partial charge < -0.3 is 15.4 Å². The predicted octanol–water partition coefficient (Wildman–Crippen LogP) is 1.40. The van der Waals surface area contributed by atoms with Gasteiger partial charge in [-0.05, 0) is 12.0 Å². The number of rotatable bonds is 7. The largest absolute Gasteiger partial charge is 0.370 e. The minimum Gasteiger partial charge on any atom is -0.370 e. The Morgan fingerprint density at radius 3 is 2.56 bits per heavy atom. The van der Waals surface area contributed by atoms with Gasteiger partial charge in [-0.25, -0.2) is 0 Å². The van der Waals surface area contributed by atoms with Crippen molar-refractivity contribution < 1.29 is 9.53 Å². The fourth-order valence-corrected chi connectivity index (χ4v) is 1.84. The van der Waals surface area contributed by atoms with Gasteiger partial charge in [-0.3, -0.25) is 4.79 Å². The third kappa shape index (κ3) is 4.13. The first kappa shape index (κ1) is 14.7. The van der Waals surface area contributed by atoms with E-state index in [4.69, 9.17) is 10.5 Å². The highest BCUT2D eigenvalue weighted by Crippen LogP contribution is 2.08. The van der Waals surface area contributed by atoms with Crippen LogP contribution in [0.25, 0.3) is 0 Å². The highest BCUT2D eigenvalue weighted by atomic mass is 16.5. The van der Waals surface area contributed by atoms with Crippen molar-refractivity contribution in [2.75, 3.05) is 20.2 Å². The van der Waals surface area contributed by atoms with E-state index in [1.54, 1.807) is 4.90 Å². The Balaban J connectivity index is 2.73. The van der Waals surface area contributed by atoms with Crippen LogP contribution in [0.15, 0.2) is 30.3 Å². The Labute approximate surface area is 109 Å². The van der Waals surface area contributed by atoms with Crippen LogP contribution in [0.2, 0.25) is 0 Å². The molecule has 0 aliphatic carbocycles. The van der Waals surface area contributed by atoms with Crippen molar-refractivity contribution in [3.8, 4) is 0 Å². The Bertz CT molecular complexity index is 350. The molecule has 4 nitrogen and oxygen atoms in total. The molecule has 0 heterocycles. The van der Waals surface area contributed by atoms with Crippen LogP contribution in [0.1, 0.15) is 18.9 Å². The molecule has 0 bridgehead atoms. The maximum absolute atomic E-state index is 12.2. The number of nitrogens with two attached hydrogens (primary N) is 1. The van der Waals surface area contributed by atoms with Crippen LogP contribution in [0.4, 0.5) is 0 Å². The summed E-state index contributed by atoms with van der Waals surface area (Å²) < 4.78 is 5.11. The van der Waals surface area contributed by atoms with E-state index in [1.165, 1.54) is 7.11 Å². The van der Waals surface area contributed by atoms with Crippen LogP contribution < -0.4 is 5.73 Å². The van der Waals surface area contributed by atoms with Crippen molar-refractivity contribution in [1.29, 1.82) is 0 Å². The number of methoxy groups -OCH3 is 1. The smallest absolute Gasteiger partial charge is 0.253 e. The molecule has 1 unspecified atom stereocenters. The van der Waals surface area contributed by atoms with E-state index in [2.05, 4.69) is 6.92 Å². The highest BCUT2D eigenvalue weighted by molar-refractivity contribution is 5.81. The van der Waals surface area contributed by atoms with E-state index >= 15 is 0 Å². The summed E-state index contributed by atoms with van der Waals surface area (Å²) >= 11 is 0. The molecule has 0 fully saturated rings. The molecule has 1 atom stereocenters. The van der Waals surface area contributed by atoms with Gasteiger partial charge in [0.15, 0.2) is 0 Å². The molecule has 1 rings (SSSR count). The van der Waals surface area contributed by atoms with Gasteiger partial charge in [0.05, 0.1) is 0 Å². The molecule has 100 valence electrons. The molecule has 18 heavy (non-hydrogen) atoms. The van der Waals surface area contributed by atoms with Gasteiger partial charge in [0.1, 0.15) is 6.10 Å². The first-order chi connectivity index (χ1) is 8.72. The number of hydrogen-bond donors (Lipinski definition) is 1. The SMILES string of the molecule is CCCN(Cc1ccccc1)C(=O)C(CN)OC. The molecule has 1 aromatic rings. The summed E-state index contributed by atoms with van der Waals surface area (Å²) in [5.74, 6) is -0.0364. The van der Waals surface area contributed by atoms with Gasteiger partial charge in [0.2, 0.25) is 0 Å². The number of carbonyl (C=O) groups is 1. The second kappa shape index (κ2) is 7.84. The number of nitrogens with zero attached hydrogens (tertiary/aromatic N) is 1. The average molecular weight is 250 g/mol. The van der Waals surface area contributed by atoms with Crippen LogP contribution in [0, 0.1) is 0 Å². The second-order valence-electron chi connectivity index (χ2n) is 4.21. The van der Waals surface area contributed by atoms with Crippen molar-refractivity contribution in [3.63, 3.8) is 0 Å². The number of carbonyl (C=O) groups excluding carboxylic acids is 1. The summed E-state index contributed by atoms with van der Waals surface area (Å²) in [6.07, 6.45) is 0.375. The van der Waals surface area contributed by atoms with E-state index in [0.717, 1.165) is 12.0 Å². The summed E-state index contributed by atoms with van der Waals surface area (Å²) in [6.45, 7) is 3.58. The van der Waals surface area contributed by atoms with Crippen LogP contribution in [-0.4, -0.2) is 37.1 Å². The van der Waals surface area contributed by atoms with E-state index < -0.39 is 6.10 Å². The lowest BCUT2D eigenvalue weighted by molar-refractivity contribution is -0.142. The number of amides is 1. The molecule has 1 aromatic carbocycles. The van der Waals surface area contributed by atoms with Crippen LogP contribution in [0.5, 0.6) is 0 Å². The molecular formula is C14H22N2O2. The lowest BCUT2D eigenvalue weighted by Gasteiger charge is -2.26. The summed E-state index contributed by atoms with van der Waals surface area (Å²) in [4.78, 5) is 14.0. The molecule has 2 N–H and O–H groups in total. The van der Waals surface area contributed by atoms with Crippen molar-refractivity contribution >= 4 is 5.91 Å². The van der Waals surface area contributed by atoms with E-state index in [0.29, 0.717) is 13.1 Å². The summed E-state index contributed by atoms with van der Waals surface area (Å²) in [6, 6.07) is 9.94. The molecule has 0 spiro atoms. The van der Waals surface area contributed by atoms with Gasteiger partial charge in [0, 0.05) is 26.7 Å². The zero-order valence-electron chi connectivity index (χ0n) is 11.1. The van der Waals surface area contributed by atoms with Crippen LogP contribution >= 0.6 is 0 Å². The van der Waals surface area contributed by atoms with E-state index in [-0.39, 0.29) is 12.5 Å². The molecule has 1 amide bonds. The summed E-state index contributed by atoms with van der Waals surface area (Å²) in [5, 5.41) is 0. The molecule has 0 saturated carbocycles. The van der Waals surface area contributed by atoms with Crippen LogP contribution in [-0.2, 0) is 16.1 Å². The first-order valence-electron chi connectivity index (χ1n) is 6.28. The van der Waals surface area contributed by atoms with Crippen molar-refractivity contribution in [2.24, 2.45) is 5.73 Å². The standard InChI is InChI=1S/C14H22N2O2/c1-3-9-16(14(17)13(10-15)18-2)11-12-7-5-4-6-8-12/h4-8,13H,3,9-11,15H2,1-2H3. The second-order valence-corrected chi connectivity index (χ2v) is 4.21. The summed E-state index contributed by atoms with van der Waals surface area (Å²) in [7, 11) is 1.52. The van der Waals surface area contributed by atoms with Gasteiger partial charge >= 0.3 is 0 Å². The van der Waals surface area contributed by atoms with Gasteiger partial charge in [-0.2, -0.15) is 0 Å². The Hall–Kier alpha value is -1.39. The average Bonchev–Trinajstić information content (AvgIpc) is 2.40. The fraction of sp³-hybridized carbons (Fsp3) is 0.500. The van der Waals surface area contributed by atoms with E-state index in [9.17, 15) is 4.79 Å².